The van der Waals surface area contributed by atoms with E-state index in [0.717, 1.165) is 10.9 Å². The molecule has 1 aromatic carbocycles. The second-order valence-corrected chi connectivity index (χ2v) is 3.70. The smallest absolute Gasteiger partial charge is 0.344 e. The first kappa shape index (κ1) is 10.5. The summed E-state index contributed by atoms with van der Waals surface area (Å²) in [6.07, 6.45) is 0.546. The Hall–Kier alpha value is -1.97. The van der Waals surface area contributed by atoms with Gasteiger partial charge in [-0.1, -0.05) is 11.6 Å². The SMILES string of the molecule is Cc1ccc2occ(OC(C)C(=O)O)c2c1. The largest absolute Gasteiger partial charge is 0.479 e. The summed E-state index contributed by atoms with van der Waals surface area (Å²) in [6, 6.07) is 5.67. The maximum absolute atomic E-state index is 10.7. The van der Waals surface area contributed by atoms with Crippen molar-refractivity contribution >= 4 is 16.9 Å². The summed E-state index contributed by atoms with van der Waals surface area (Å²) in [6.45, 7) is 3.44. The van der Waals surface area contributed by atoms with Crippen LogP contribution >= 0.6 is 0 Å². The molecule has 84 valence electrons. The Labute approximate surface area is 92.4 Å². The topological polar surface area (TPSA) is 59.7 Å². The van der Waals surface area contributed by atoms with Crippen molar-refractivity contribution in [1.29, 1.82) is 0 Å². The zero-order chi connectivity index (χ0) is 11.7. The van der Waals surface area contributed by atoms with E-state index in [1.54, 1.807) is 0 Å². The third-order valence-electron chi connectivity index (χ3n) is 2.34. The highest BCUT2D eigenvalue weighted by Gasteiger charge is 2.15. The number of benzene rings is 1. The number of hydrogen-bond acceptors (Lipinski definition) is 3. The normalized spacial score (nSPS) is 12.6. The van der Waals surface area contributed by atoms with Gasteiger partial charge in [0, 0.05) is 0 Å². The number of ether oxygens (including phenoxy) is 1. The first-order chi connectivity index (χ1) is 7.58. The van der Waals surface area contributed by atoms with Gasteiger partial charge in [-0.3, -0.25) is 0 Å². The first-order valence-electron chi connectivity index (χ1n) is 4.95. The summed E-state index contributed by atoms with van der Waals surface area (Å²) < 4.78 is 10.6. The van der Waals surface area contributed by atoms with E-state index in [0.29, 0.717) is 11.3 Å². The molecule has 0 radical (unpaired) electrons. The molecule has 16 heavy (non-hydrogen) atoms. The molecule has 0 saturated carbocycles. The van der Waals surface area contributed by atoms with Gasteiger partial charge in [0.2, 0.25) is 0 Å². The van der Waals surface area contributed by atoms with Gasteiger partial charge in [0.25, 0.3) is 0 Å². The van der Waals surface area contributed by atoms with Crippen LogP contribution in [0, 0.1) is 6.92 Å². The van der Waals surface area contributed by atoms with Gasteiger partial charge >= 0.3 is 5.97 Å². The monoisotopic (exact) mass is 220 g/mol. The highest BCUT2D eigenvalue weighted by molar-refractivity contribution is 5.85. The van der Waals surface area contributed by atoms with Crippen molar-refractivity contribution in [2.45, 2.75) is 20.0 Å². The molecule has 2 aromatic rings. The Morgan fingerprint density at radius 2 is 2.25 bits per heavy atom. The molecule has 0 aliphatic carbocycles. The van der Waals surface area contributed by atoms with Crippen molar-refractivity contribution in [3.05, 3.63) is 30.0 Å². The van der Waals surface area contributed by atoms with E-state index < -0.39 is 12.1 Å². The lowest BCUT2D eigenvalue weighted by Gasteiger charge is -2.07. The minimum Gasteiger partial charge on any atom is -0.479 e. The van der Waals surface area contributed by atoms with Gasteiger partial charge in [-0.05, 0) is 26.0 Å². The summed E-state index contributed by atoms with van der Waals surface area (Å²) >= 11 is 0. The van der Waals surface area contributed by atoms with Crippen LogP contribution in [0.2, 0.25) is 0 Å². The molecule has 1 heterocycles. The van der Waals surface area contributed by atoms with E-state index in [4.69, 9.17) is 14.3 Å². The molecule has 0 aliphatic rings. The molecule has 0 amide bonds. The van der Waals surface area contributed by atoms with E-state index in [1.807, 2.05) is 25.1 Å². The van der Waals surface area contributed by atoms with Crippen molar-refractivity contribution < 1.29 is 19.1 Å². The number of carboxylic acid groups (broad SMARTS) is 1. The summed E-state index contributed by atoms with van der Waals surface area (Å²) in [5, 5.41) is 9.55. The van der Waals surface area contributed by atoms with Crippen LogP contribution < -0.4 is 4.74 Å². The predicted molar refractivity (Wildman–Crippen MR) is 58.7 cm³/mol. The Bertz CT molecular complexity index is 527. The summed E-state index contributed by atoms with van der Waals surface area (Å²) in [5.41, 5.74) is 1.76. The van der Waals surface area contributed by atoms with Crippen LogP contribution in [-0.2, 0) is 4.79 Å². The minimum atomic E-state index is -0.998. The third-order valence-corrected chi connectivity index (χ3v) is 2.34. The van der Waals surface area contributed by atoms with Crippen molar-refractivity contribution in [3.63, 3.8) is 0 Å². The van der Waals surface area contributed by atoms with E-state index in [-0.39, 0.29) is 0 Å². The molecular formula is C12H12O4. The fraction of sp³-hybridized carbons (Fsp3) is 0.250. The van der Waals surface area contributed by atoms with Crippen LogP contribution in [0.25, 0.3) is 11.0 Å². The summed E-state index contributed by atoms with van der Waals surface area (Å²) in [7, 11) is 0. The standard InChI is InChI=1S/C12H12O4/c1-7-3-4-10-9(5-7)11(6-15-10)16-8(2)12(13)14/h3-6,8H,1-2H3,(H,13,14). The Morgan fingerprint density at radius 1 is 1.50 bits per heavy atom. The fourth-order valence-corrected chi connectivity index (χ4v) is 1.45. The van der Waals surface area contributed by atoms with Crippen molar-refractivity contribution in [1.82, 2.24) is 0 Å². The van der Waals surface area contributed by atoms with Gasteiger partial charge in [0.05, 0.1) is 5.39 Å². The maximum Gasteiger partial charge on any atom is 0.344 e. The molecule has 1 atom stereocenters. The average molecular weight is 220 g/mol. The molecule has 0 spiro atoms. The van der Waals surface area contributed by atoms with Crippen LogP contribution in [0.15, 0.2) is 28.9 Å². The van der Waals surface area contributed by atoms with Gasteiger partial charge < -0.3 is 14.3 Å². The van der Waals surface area contributed by atoms with Crippen molar-refractivity contribution in [2.75, 3.05) is 0 Å². The Balaban J connectivity index is 2.37. The van der Waals surface area contributed by atoms with Crippen molar-refractivity contribution in [3.8, 4) is 5.75 Å². The van der Waals surface area contributed by atoms with E-state index in [2.05, 4.69) is 0 Å². The summed E-state index contributed by atoms with van der Waals surface area (Å²) in [4.78, 5) is 10.7. The van der Waals surface area contributed by atoms with Gasteiger partial charge in [0.1, 0.15) is 11.8 Å². The highest BCUT2D eigenvalue weighted by atomic mass is 16.5. The molecular weight excluding hydrogens is 208 g/mol. The number of rotatable bonds is 3. The van der Waals surface area contributed by atoms with Gasteiger partial charge in [-0.25, -0.2) is 4.79 Å². The van der Waals surface area contributed by atoms with Gasteiger partial charge in [-0.2, -0.15) is 0 Å². The maximum atomic E-state index is 10.7. The molecule has 0 aliphatic heterocycles. The molecule has 1 unspecified atom stereocenters. The van der Waals surface area contributed by atoms with E-state index >= 15 is 0 Å². The lowest BCUT2D eigenvalue weighted by molar-refractivity contribution is -0.144. The quantitative estimate of drug-likeness (QED) is 0.863. The number of aryl methyl sites for hydroxylation is 1. The van der Waals surface area contributed by atoms with Crippen LogP contribution in [0.4, 0.5) is 0 Å². The zero-order valence-corrected chi connectivity index (χ0v) is 9.06. The number of carbonyl (C=O) groups is 1. The lowest BCUT2D eigenvalue weighted by atomic mass is 10.2. The van der Waals surface area contributed by atoms with Crippen molar-refractivity contribution in [2.24, 2.45) is 0 Å². The molecule has 2 rings (SSSR count). The minimum absolute atomic E-state index is 0.466. The molecule has 1 aromatic heterocycles. The number of carboxylic acids is 1. The fourth-order valence-electron chi connectivity index (χ4n) is 1.45. The molecule has 0 bridgehead atoms. The van der Waals surface area contributed by atoms with Crippen LogP contribution in [0.1, 0.15) is 12.5 Å². The third kappa shape index (κ3) is 1.86. The number of hydrogen-bond donors (Lipinski definition) is 1. The molecule has 4 nitrogen and oxygen atoms in total. The van der Waals surface area contributed by atoms with Gasteiger partial charge in [0.15, 0.2) is 11.9 Å². The molecule has 0 fully saturated rings. The highest BCUT2D eigenvalue weighted by Crippen LogP contribution is 2.29. The molecule has 0 saturated heterocycles. The average Bonchev–Trinajstić information content (AvgIpc) is 2.61. The van der Waals surface area contributed by atoms with Gasteiger partial charge in [-0.15, -0.1) is 0 Å². The van der Waals surface area contributed by atoms with E-state index in [1.165, 1.54) is 13.2 Å². The zero-order valence-electron chi connectivity index (χ0n) is 9.06. The number of aliphatic carboxylic acids is 1. The number of furan rings is 1. The number of fused-ring (bicyclic) bond motifs is 1. The first-order valence-corrected chi connectivity index (χ1v) is 4.95. The van der Waals surface area contributed by atoms with Crippen LogP contribution in [0.5, 0.6) is 5.75 Å². The molecule has 1 N–H and O–H groups in total. The van der Waals surface area contributed by atoms with E-state index in [9.17, 15) is 4.79 Å². The summed E-state index contributed by atoms with van der Waals surface area (Å²) in [5.74, 6) is -0.532. The Kier molecular flexibility index (Phi) is 2.56. The van der Waals surface area contributed by atoms with Crippen LogP contribution in [-0.4, -0.2) is 17.2 Å². The second kappa shape index (κ2) is 3.89. The lowest BCUT2D eigenvalue weighted by Crippen LogP contribution is -2.22. The Morgan fingerprint density at radius 3 is 2.94 bits per heavy atom. The predicted octanol–water partition coefficient (Wildman–Crippen LogP) is 2.59. The second-order valence-electron chi connectivity index (χ2n) is 3.70. The molecule has 4 heteroatoms. The van der Waals surface area contributed by atoms with Crippen LogP contribution in [0.3, 0.4) is 0 Å².